The lowest BCUT2D eigenvalue weighted by Gasteiger charge is -2.34. The zero-order valence-electron chi connectivity index (χ0n) is 20.6. The summed E-state index contributed by atoms with van der Waals surface area (Å²) in [7, 11) is 0. The smallest absolute Gasteiger partial charge is 0.0186 e. The molecule has 0 saturated carbocycles. The SMILES string of the molecule is C1=C(N(C2=CCCCCCCCC2)C2=CCCCCCCCC2)CCCCCCCC1. The van der Waals surface area contributed by atoms with E-state index in [4.69, 9.17) is 0 Å². The van der Waals surface area contributed by atoms with Crippen LogP contribution < -0.4 is 0 Å². The van der Waals surface area contributed by atoms with Crippen molar-refractivity contribution in [1.29, 1.82) is 0 Å². The fourth-order valence-electron chi connectivity index (χ4n) is 5.75. The first kappa shape index (κ1) is 24.7. The van der Waals surface area contributed by atoms with Crippen molar-refractivity contribution in [2.75, 3.05) is 0 Å². The van der Waals surface area contributed by atoms with Gasteiger partial charge in [-0.2, -0.15) is 0 Å². The molecule has 0 spiro atoms. The molecule has 176 valence electrons. The molecule has 3 rings (SSSR count). The van der Waals surface area contributed by atoms with Crippen molar-refractivity contribution in [1.82, 2.24) is 4.90 Å². The van der Waals surface area contributed by atoms with Gasteiger partial charge >= 0.3 is 0 Å². The largest absolute Gasteiger partial charge is 0.323 e. The summed E-state index contributed by atoms with van der Waals surface area (Å²) in [6.07, 6.45) is 41.2. The lowest BCUT2D eigenvalue weighted by Crippen LogP contribution is -2.23. The number of allylic oxidation sites excluding steroid dienone is 6. The minimum Gasteiger partial charge on any atom is -0.323 e. The molecule has 3 aliphatic carbocycles. The van der Waals surface area contributed by atoms with Gasteiger partial charge in [0.1, 0.15) is 0 Å². The summed E-state index contributed by atoms with van der Waals surface area (Å²) in [4.78, 5) is 2.84. The van der Waals surface area contributed by atoms with Crippen LogP contribution in [-0.4, -0.2) is 4.90 Å². The van der Waals surface area contributed by atoms with Gasteiger partial charge in [-0.3, -0.25) is 0 Å². The fraction of sp³-hybridized carbons (Fsp3) is 0.800. The summed E-state index contributed by atoms with van der Waals surface area (Å²) in [5.41, 5.74) is 4.98. The summed E-state index contributed by atoms with van der Waals surface area (Å²) in [6.45, 7) is 0. The van der Waals surface area contributed by atoms with Crippen LogP contribution in [0.2, 0.25) is 0 Å². The Balaban J connectivity index is 1.88. The number of hydrogen-bond donors (Lipinski definition) is 0. The number of hydrogen-bond acceptors (Lipinski definition) is 1. The summed E-state index contributed by atoms with van der Waals surface area (Å²) >= 11 is 0. The molecule has 0 aromatic rings. The Bertz CT molecular complexity index is 486. The van der Waals surface area contributed by atoms with E-state index in [1.165, 1.54) is 154 Å². The molecule has 1 heteroatoms. The Morgan fingerprint density at radius 2 is 0.581 bits per heavy atom. The average molecular weight is 426 g/mol. The Hall–Kier alpha value is -0.980. The first-order valence-corrected chi connectivity index (χ1v) is 14.3. The summed E-state index contributed by atoms with van der Waals surface area (Å²) < 4.78 is 0. The van der Waals surface area contributed by atoms with E-state index in [0.29, 0.717) is 0 Å². The lowest BCUT2D eigenvalue weighted by atomic mass is 9.97. The maximum absolute atomic E-state index is 2.84. The molecule has 0 amide bonds. The predicted molar refractivity (Wildman–Crippen MR) is 137 cm³/mol. The van der Waals surface area contributed by atoms with Crippen molar-refractivity contribution in [2.24, 2.45) is 0 Å². The highest BCUT2D eigenvalue weighted by Gasteiger charge is 2.20. The summed E-state index contributed by atoms with van der Waals surface area (Å²) in [5, 5.41) is 0. The van der Waals surface area contributed by atoms with Crippen molar-refractivity contribution in [3.63, 3.8) is 0 Å². The van der Waals surface area contributed by atoms with Crippen LogP contribution >= 0.6 is 0 Å². The maximum Gasteiger partial charge on any atom is 0.0186 e. The molecule has 0 bridgehead atoms. The van der Waals surface area contributed by atoms with E-state index in [1.54, 1.807) is 17.1 Å². The number of nitrogens with zero attached hydrogens (tertiary/aromatic N) is 1. The van der Waals surface area contributed by atoms with Gasteiger partial charge in [0.25, 0.3) is 0 Å². The van der Waals surface area contributed by atoms with Crippen molar-refractivity contribution in [3.8, 4) is 0 Å². The van der Waals surface area contributed by atoms with E-state index < -0.39 is 0 Å². The molecular weight excluding hydrogens is 374 g/mol. The van der Waals surface area contributed by atoms with Gasteiger partial charge in [-0.15, -0.1) is 0 Å². The highest BCUT2D eigenvalue weighted by molar-refractivity contribution is 5.24. The summed E-state index contributed by atoms with van der Waals surface area (Å²) in [5.74, 6) is 0. The molecule has 3 aliphatic rings. The van der Waals surface area contributed by atoms with Gasteiger partial charge < -0.3 is 4.90 Å². The van der Waals surface area contributed by atoms with Gasteiger partial charge in [0.2, 0.25) is 0 Å². The Labute approximate surface area is 194 Å². The molecule has 0 aliphatic heterocycles. The van der Waals surface area contributed by atoms with Gasteiger partial charge in [0, 0.05) is 17.1 Å². The first-order chi connectivity index (χ1) is 15.4. The second kappa shape index (κ2) is 15.8. The topological polar surface area (TPSA) is 3.24 Å². The van der Waals surface area contributed by atoms with Crippen molar-refractivity contribution < 1.29 is 0 Å². The Kier molecular flexibility index (Phi) is 12.5. The minimum absolute atomic E-state index is 1.28. The molecule has 0 aromatic carbocycles. The first-order valence-electron chi connectivity index (χ1n) is 14.3. The molecule has 0 radical (unpaired) electrons. The van der Waals surface area contributed by atoms with E-state index in [2.05, 4.69) is 23.1 Å². The second-order valence-corrected chi connectivity index (χ2v) is 10.4. The monoisotopic (exact) mass is 425 g/mol. The van der Waals surface area contributed by atoms with Crippen LogP contribution in [0.3, 0.4) is 0 Å². The molecule has 0 N–H and O–H groups in total. The van der Waals surface area contributed by atoms with Crippen LogP contribution in [0.15, 0.2) is 35.3 Å². The van der Waals surface area contributed by atoms with Crippen LogP contribution in [0, 0.1) is 0 Å². The highest BCUT2D eigenvalue weighted by atomic mass is 15.2. The van der Waals surface area contributed by atoms with Crippen LogP contribution in [0.4, 0.5) is 0 Å². The van der Waals surface area contributed by atoms with Crippen LogP contribution in [0.1, 0.15) is 154 Å². The fourth-order valence-corrected chi connectivity index (χ4v) is 5.75. The van der Waals surface area contributed by atoms with Gasteiger partial charge in [-0.05, 0) is 77.0 Å². The third-order valence-electron chi connectivity index (χ3n) is 7.66. The molecule has 31 heavy (non-hydrogen) atoms. The highest BCUT2D eigenvalue weighted by Crippen LogP contribution is 2.33. The Morgan fingerprint density at radius 3 is 0.903 bits per heavy atom. The molecule has 0 unspecified atom stereocenters. The zero-order valence-corrected chi connectivity index (χ0v) is 20.6. The predicted octanol–water partition coefficient (Wildman–Crippen LogP) is 10.3. The van der Waals surface area contributed by atoms with Crippen LogP contribution in [-0.2, 0) is 0 Å². The molecule has 0 fully saturated rings. The minimum atomic E-state index is 1.28. The van der Waals surface area contributed by atoms with E-state index in [-0.39, 0.29) is 0 Å². The van der Waals surface area contributed by atoms with Crippen molar-refractivity contribution >= 4 is 0 Å². The van der Waals surface area contributed by atoms with Crippen LogP contribution in [0.5, 0.6) is 0 Å². The molecule has 0 aromatic heterocycles. The average Bonchev–Trinajstić information content (AvgIpc) is 2.81. The molecule has 0 heterocycles. The van der Waals surface area contributed by atoms with Gasteiger partial charge in [0.15, 0.2) is 0 Å². The zero-order chi connectivity index (χ0) is 21.4. The van der Waals surface area contributed by atoms with E-state index >= 15 is 0 Å². The standard InChI is InChI=1S/C30H51N/c1-4-10-16-22-28(23-17-11-5-1)31(29-24-18-12-6-2-7-13-19-25-29)30-26-20-14-8-3-9-15-21-27-30/h22,24,26H,1-21,23,25,27H2. The molecule has 0 atom stereocenters. The lowest BCUT2D eigenvalue weighted by molar-refractivity contribution is 0.419. The third-order valence-corrected chi connectivity index (χ3v) is 7.66. The summed E-state index contributed by atoms with van der Waals surface area (Å²) in [6, 6.07) is 0. The molecule has 1 nitrogen and oxygen atoms in total. The third kappa shape index (κ3) is 9.58. The normalized spacial score (nSPS) is 24.2. The van der Waals surface area contributed by atoms with Crippen molar-refractivity contribution in [2.45, 2.75) is 154 Å². The van der Waals surface area contributed by atoms with Crippen molar-refractivity contribution in [3.05, 3.63) is 35.3 Å². The second-order valence-electron chi connectivity index (χ2n) is 10.4. The molecular formula is C30H51N. The molecule has 0 saturated heterocycles. The van der Waals surface area contributed by atoms with Crippen LogP contribution in [0.25, 0.3) is 0 Å². The van der Waals surface area contributed by atoms with E-state index in [9.17, 15) is 0 Å². The Morgan fingerprint density at radius 1 is 0.323 bits per heavy atom. The van der Waals surface area contributed by atoms with Gasteiger partial charge in [-0.1, -0.05) is 95.3 Å². The van der Waals surface area contributed by atoms with E-state index in [0.717, 1.165) is 0 Å². The number of rotatable bonds is 3. The van der Waals surface area contributed by atoms with E-state index in [1.807, 2.05) is 0 Å². The van der Waals surface area contributed by atoms with Gasteiger partial charge in [-0.25, -0.2) is 0 Å². The maximum atomic E-state index is 2.84. The quantitative estimate of drug-likeness (QED) is 0.434. The van der Waals surface area contributed by atoms with Gasteiger partial charge in [0.05, 0.1) is 0 Å².